The van der Waals surface area contributed by atoms with Gasteiger partial charge in [-0.25, -0.2) is 9.97 Å². The van der Waals surface area contributed by atoms with Crippen LogP contribution < -0.4 is 10.6 Å². The van der Waals surface area contributed by atoms with Gasteiger partial charge in [-0.05, 0) is 25.1 Å². The molecule has 0 saturated heterocycles. The largest absolute Gasteiger partial charge is 0.460 e. The smallest absolute Gasteiger partial charge is 0.225 e. The third-order valence-electron chi connectivity index (χ3n) is 2.44. The van der Waals surface area contributed by atoms with Crippen LogP contribution >= 0.6 is 0 Å². The van der Waals surface area contributed by atoms with Crippen molar-refractivity contribution < 1.29 is 4.42 Å². The van der Waals surface area contributed by atoms with E-state index >= 15 is 0 Å². The first kappa shape index (κ1) is 11.6. The van der Waals surface area contributed by atoms with Crippen LogP contribution in [0.25, 0.3) is 11.5 Å². The van der Waals surface area contributed by atoms with E-state index in [9.17, 15) is 0 Å². The number of rotatable bonds is 4. The monoisotopic (exact) mass is 232 g/mol. The van der Waals surface area contributed by atoms with Crippen molar-refractivity contribution in [3.8, 4) is 11.5 Å². The summed E-state index contributed by atoms with van der Waals surface area (Å²) < 4.78 is 5.53. The molecule has 0 aliphatic rings. The molecule has 5 heteroatoms. The lowest BCUT2D eigenvalue weighted by molar-refractivity contribution is 0.546. The van der Waals surface area contributed by atoms with Gasteiger partial charge in [0.1, 0.15) is 11.5 Å². The minimum atomic E-state index is 0.573. The van der Waals surface area contributed by atoms with Crippen LogP contribution in [0.1, 0.15) is 5.76 Å². The van der Waals surface area contributed by atoms with Crippen LogP contribution in [0, 0.1) is 6.92 Å². The molecule has 0 aliphatic heterocycles. The topological polar surface area (TPSA) is 68.2 Å². The van der Waals surface area contributed by atoms with Gasteiger partial charge in [0, 0.05) is 26.3 Å². The van der Waals surface area contributed by atoms with E-state index in [2.05, 4.69) is 9.97 Å². The third-order valence-corrected chi connectivity index (χ3v) is 2.44. The van der Waals surface area contributed by atoms with Gasteiger partial charge >= 0.3 is 0 Å². The van der Waals surface area contributed by atoms with Crippen LogP contribution in [0.5, 0.6) is 0 Å². The van der Waals surface area contributed by atoms with Gasteiger partial charge in [0.15, 0.2) is 5.76 Å². The molecule has 0 spiro atoms. The number of anilines is 1. The second-order valence-corrected chi connectivity index (χ2v) is 3.86. The van der Waals surface area contributed by atoms with E-state index in [1.165, 1.54) is 0 Å². The van der Waals surface area contributed by atoms with E-state index in [4.69, 9.17) is 10.2 Å². The standard InChI is InChI=1S/C12H16N4O/c1-9-3-4-11(17-9)10-5-7-14-12(15-10)16(2)8-6-13/h3-5,7H,6,8,13H2,1-2H3. The highest BCUT2D eigenvalue weighted by atomic mass is 16.3. The molecule has 0 bridgehead atoms. The summed E-state index contributed by atoms with van der Waals surface area (Å²) in [5.74, 6) is 2.28. The molecule has 0 saturated carbocycles. The molecule has 90 valence electrons. The zero-order chi connectivity index (χ0) is 12.3. The Labute approximate surface area is 100 Å². The number of likely N-dealkylation sites (N-methyl/N-ethyl adjacent to an activating group) is 1. The van der Waals surface area contributed by atoms with Crippen molar-refractivity contribution in [3.63, 3.8) is 0 Å². The number of aromatic nitrogens is 2. The van der Waals surface area contributed by atoms with Crippen molar-refractivity contribution in [3.05, 3.63) is 30.2 Å². The molecule has 0 unspecified atom stereocenters. The molecule has 0 atom stereocenters. The fourth-order valence-electron chi connectivity index (χ4n) is 1.54. The van der Waals surface area contributed by atoms with E-state index in [1.54, 1.807) is 6.20 Å². The average Bonchev–Trinajstić information content (AvgIpc) is 2.76. The number of furan rings is 1. The van der Waals surface area contributed by atoms with E-state index in [1.807, 2.05) is 37.1 Å². The fourth-order valence-corrected chi connectivity index (χ4v) is 1.54. The van der Waals surface area contributed by atoms with Gasteiger partial charge in [0.05, 0.1) is 0 Å². The summed E-state index contributed by atoms with van der Waals surface area (Å²) in [5.41, 5.74) is 6.29. The minimum absolute atomic E-state index is 0.573. The van der Waals surface area contributed by atoms with Crippen LogP contribution in [-0.2, 0) is 0 Å². The van der Waals surface area contributed by atoms with Gasteiger partial charge in [0.25, 0.3) is 0 Å². The molecule has 5 nitrogen and oxygen atoms in total. The summed E-state index contributed by atoms with van der Waals surface area (Å²) in [7, 11) is 1.92. The van der Waals surface area contributed by atoms with Crippen LogP contribution in [0.4, 0.5) is 5.95 Å². The summed E-state index contributed by atoms with van der Waals surface area (Å²) in [4.78, 5) is 10.6. The summed E-state index contributed by atoms with van der Waals surface area (Å²) in [6, 6.07) is 5.66. The molecule has 0 fully saturated rings. The first-order valence-corrected chi connectivity index (χ1v) is 5.52. The van der Waals surface area contributed by atoms with Crippen LogP contribution in [-0.4, -0.2) is 30.1 Å². The minimum Gasteiger partial charge on any atom is -0.460 e. The summed E-state index contributed by atoms with van der Waals surface area (Å²) in [5, 5.41) is 0. The number of aryl methyl sites for hydroxylation is 1. The average molecular weight is 232 g/mol. The predicted octanol–water partition coefficient (Wildman–Crippen LogP) is 1.44. The Morgan fingerprint density at radius 2 is 2.18 bits per heavy atom. The van der Waals surface area contributed by atoms with Crippen molar-refractivity contribution in [1.82, 2.24) is 9.97 Å². The highest BCUT2D eigenvalue weighted by Gasteiger charge is 2.08. The van der Waals surface area contributed by atoms with Gasteiger partial charge in [-0.1, -0.05) is 0 Å². The number of hydrogen-bond acceptors (Lipinski definition) is 5. The van der Waals surface area contributed by atoms with E-state index in [-0.39, 0.29) is 0 Å². The quantitative estimate of drug-likeness (QED) is 0.863. The molecule has 0 radical (unpaired) electrons. The molecule has 17 heavy (non-hydrogen) atoms. The fraction of sp³-hybridized carbons (Fsp3) is 0.333. The second kappa shape index (κ2) is 4.97. The molecule has 2 N–H and O–H groups in total. The maximum absolute atomic E-state index is 5.53. The first-order valence-electron chi connectivity index (χ1n) is 5.52. The van der Waals surface area contributed by atoms with E-state index < -0.39 is 0 Å². The molecule has 2 aromatic rings. The van der Waals surface area contributed by atoms with Crippen LogP contribution in [0.3, 0.4) is 0 Å². The Balaban J connectivity index is 2.28. The Morgan fingerprint density at radius 3 is 2.82 bits per heavy atom. The number of nitrogens with two attached hydrogens (primary N) is 1. The number of hydrogen-bond donors (Lipinski definition) is 1. The van der Waals surface area contributed by atoms with Gasteiger partial charge in [-0.2, -0.15) is 0 Å². The Hall–Kier alpha value is -1.88. The Bertz CT molecular complexity index is 495. The molecule has 2 heterocycles. The zero-order valence-electron chi connectivity index (χ0n) is 10.1. The first-order chi connectivity index (χ1) is 8.20. The highest BCUT2D eigenvalue weighted by molar-refractivity contribution is 5.53. The maximum Gasteiger partial charge on any atom is 0.225 e. The lowest BCUT2D eigenvalue weighted by atomic mass is 10.3. The molecule has 2 aromatic heterocycles. The van der Waals surface area contributed by atoms with Crippen molar-refractivity contribution >= 4 is 5.95 Å². The lowest BCUT2D eigenvalue weighted by Crippen LogP contribution is -2.26. The summed E-state index contributed by atoms with van der Waals surface area (Å²) in [6.45, 7) is 3.21. The predicted molar refractivity (Wildman–Crippen MR) is 66.8 cm³/mol. The van der Waals surface area contributed by atoms with Gasteiger partial charge < -0.3 is 15.1 Å². The van der Waals surface area contributed by atoms with Crippen molar-refractivity contribution in [2.45, 2.75) is 6.92 Å². The number of nitrogens with zero attached hydrogens (tertiary/aromatic N) is 3. The molecule has 0 aliphatic carbocycles. The van der Waals surface area contributed by atoms with E-state index in [0.29, 0.717) is 12.5 Å². The van der Waals surface area contributed by atoms with Crippen LogP contribution in [0.2, 0.25) is 0 Å². The molecule has 2 rings (SSSR count). The Kier molecular flexibility index (Phi) is 3.39. The maximum atomic E-state index is 5.53. The second-order valence-electron chi connectivity index (χ2n) is 3.86. The molecular weight excluding hydrogens is 216 g/mol. The van der Waals surface area contributed by atoms with Gasteiger partial charge in [-0.3, -0.25) is 0 Å². The third kappa shape index (κ3) is 2.62. The van der Waals surface area contributed by atoms with Crippen molar-refractivity contribution in [2.24, 2.45) is 5.73 Å². The lowest BCUT2D eigenvalue weighted by Gasteiger charge is -2.15. The normalized spacial score (nSPS) is 10.5. The van der Waals surface area contributed by atoms with Crippen molar-refractivity contribution in [2.75, 3.05) is 25.0 Å². The van der Waals surface area contributed by atoms with Gasteiger partial charge in [0.2, 0.25) is 5.95 Å². The van der Waals surface area contributed by atoms with Gasteiger partial charge in [-0.15, -0.1) is 0 Å². The Morgan fingerprint density at radius 1 is 1.35 bits per heavy atom. The molecule has 0 amide bonds. The molecule has 0 aromatic carbocycles. The highest BCUT2D eigenvalue weighted by Crippen LogP contribution is 2.20. The van der Waals surface area contributed by atoms with Crippen LogP contribution in [0.15, 0.2) is 28.8 Å². The van der Waals surface area contributed by atoms with Crippen molar-refractivity contribution in [1.29, 1.82) is 0 Å². The zero-order valence-corrected chi connectivity index (χ0v) is 10.1. The molecular formula is C12H16N4O. The SMILES string of the molecule is Cc1ccc(-c2ccnc(N(C)CCN)n2)o1. The summed E-state index contributed by atoms with van der Waals surface area (Å²) in [6.07, 6.45) is 1.72. The summed E-state index contributed by atoms with van der Waals surface area (Å²) >= 11 is 0. The van der Waals surface area contributed by atoms with E-state index in [0.717, 1.165) is 23.8 Å².